The lowest BCUT2D eigenvalue weighted by Gasteiger charge is -2.12. The molecule has 1 aromatic carbocycles. The highest BCUT2D eigenvalue weighted by molar-refractivity contribution is 5.54. The first-order chi connectivity index (χ1) is 10.0. The summed E-state index contributed by atoms with van der Waals surface area (Å²) < 4.78 is 7.86. The van der Waals surface area contributed by atoms with Crippen molar-refractivity contribution in [1.29, 1.82) is 0 Å². The van der Waals surface area contributed by atoms with Crippen LogP contribution in [0.15, 0.2) is 29.1 Å². The Hall–Kier alpha value is -2.61. The number of benzene rings is 1. The molecule has 1 aromatic heterocycles. The predicted molar refractivity (Wildman–Crippen MR) is 77.5 cm³/mol. The molecule has 2 N–H and O–H groups in total. The highest BCUT2D eigenvalue weighted by Crippen LogP contribution is 2.23. The Morgan fingerprint density at radius 1 is 1.38 bits per heavy atom. The molecule has 0 radical (unpaired) electrons. The Morgan fingerprint density at radius 3 is 2.62 bits per heavy atom. The summed E-state index contributed by atoms with van der Waals surface area (Å²) in [5.74, 6) is 0. The summed E-state index contributed by atoms with van der Waals surface area (Å²) >= 11 is 0. The van der Waals surface area contributed by atoms with E-state index in [0.29, 0.717) is 12.2 Å². The number of anilines is 1. The molecule has 2 rings (SSSR count). The molecule has 0 amide bonds. The van der Waals surface area contributed by atoms with Crippen molar-refractivity contribution >= 4 is 11.4 Å². The predicted octanol–water partition coefficient (Wildman–Crippen LogP) is 1.30. The molecule has 21 heavy (non-hydrogen) atoms. The van der Waals surface area contributed by atoms with E-state index in [1.807, 2.05) is 6.92 Å². The van der Waals surface area contributed by atoms with Gasteiger partial charge < -0.3 is 10.5 Å². The first-order valence-corrected chi connectivity index (χ1v) is 6.35. The third kappa shape index (κ3) is 2.40. The first-order valence-electron chi connectivity index (χ1n) is 6.35. The summed E-state index contributed by atoms with van der Waals surface area (Å²) in [4.78, 5) is 23.0. The molecular formula is C13H16N4O4. The van der Waals surface area contributed by atoms with Crippen LogP contribution in [0, 0.1) is 10.1 Å². The zero-order chi connectivity index (χ0) is 15.6. The Balaban J connectivity index is 2.79. The number of rotatable bonds is 5. The molecule has 8 heteroatoms. The van der Waals surface area contributed by atoms with Gasteiger partial charge in [-0.1, -0.05) is 12.1 Å². The monoisotopic (exact) mass is 292 g/mol. The van der Waals surface area contributed by atoms with Crippen LogP contribution in [-0.2, 0) is 17.9 Å². The number of nitrogens with zero attached hydrogens (tertiary/aromatic N) is 3. The molecule has 0 spiro atoms. The van der Waals surface area contributed by atoms with Crippen molar-refractivity contribution < 1.29 is 9.66 Å². The van der Waals surface area contributed by atoms with Gasteiger partial charge in [0, 0.05) is 19.7 Å². The quantitative estimate of drug-likeness (QED) is 0.660. The number of para-hydroxylation sites is 2. The molecule has 0 aliphatic carbocycles. The largest absolute Gasteiger partial charge is 0.393 e. The zero-order valence-corrected chi connectivity index (χ0v) is 11.8. The maximum Gasteiger partial charge on any atom is 0.295 e. The van der Waals surface area contributed by atoms with E-state index in [9.17, 15) is 14.9 Å². The van der Waals surface area contributed by atoms with E-state index in [1.54, 1.807) is 16.8 Å². The van der Waals surface area contributed by atoms with E-state index >= 15 is 0 Å². The summed E-state index contributed by atoms with van der Waals surface area (Å²) in [6, 6.07) is 6.04. The third-order valence-corrected chi connectivity index (χ3v) is 3.17. The molecule has 0 fully saturated rings. The summed E-state index contributed by atoms with van der Waals surface area (Å²) in [5.41, 5.74) is 5.91. The van der Waals surface area contributed by atoms with Gasteiger partial charge in [-0.25, -0.2) is 4.68 Å². The summed E-state index contributed by atoms with van der Waals surface area (Å²) in [5, 5.41) is 11.1. The minimum absolute atomic E-state index is 0.0388. The second-order valence-electron chi connectivity index (χ2n) is 4.37. The molecule has 0 aliphatic heterocycles. The summed E-state index contributed by atoms with van der Waals surface area (Å²) in [6.07, 6.45) is 0. The minimum atomic E-state index is -0.527. The van der Waals surface area contributed by atoms with Crippen LogP contribution in [0.25, 0.3) is 5.69 Å². The molecule has 0 saturated heterocycles. The van der Waals surface area contributed by atoms with Crippen LogP contribution in [0.1, 0.15) is 12.6 Å². The summed E-state index contributed by atoms with van der Waals surface area (Å²) in [7, 11) is 1.49. The first kappa shape index (κ1) is 14.8. The van der Waals surface area contributed by atoms with Gasteiger partial charge in [0.25, 0.3) is 11.2 Å². The van der Waals surface area contributed by atoms with E-state index in [0.717, 1.165) is 0 Å². The van der Waals surface area contributed by atoms with E-state index in [4.69, 9.17) is 10.5 Å². The summed E-state index contributed by atoms with van der Waals surface area (Å²) in [6.45, 7) is 2.41. The number of ether oxygens (including phenoxy) is 1. The maximum absolute atomic E-state index is 12.4. The van der Waals surface area contributed by atoms with Crippen LogP contribution in [0.4, 0.5) is 11.4 Å². The SMILES string of the molecule is CCn1c(COC)c(N)c(=O)n1-c1ccccc1[N+](=O)[O-]. The molecule has 0 atom stereocenters. The van der Waals surface area contributed by atoms with Crippen LogP contribution < -0.4 is 11.3 Å². The van der Waals surface area contributed by atoms with Gasteiger partial charge in [-0.05, 0) is 13.0 Å². The van der Waals surface area contributed by atoms with Crippen molar-refractivity contribution in [2.75, 3.05) is 12.8 Å². The van der Waals surface area contributed by atoms with E-state index in [2.05, 4.69) is 0 Å². The van der Waals surface area contributed by atoms with Crippen LogP contribution in [-0.4, -0.2) is 21.4 Å². The van der Waals surface area contributed by atoms with Gasteiger partial charge in [0.15, 0.2) is 0 Å². The second-order valence-corrected chi connectivity index (χ2v) is 4.37. The van der Waals surface area contributed by atoms with E-state index < -0.39 is 10.5 Å². The molecule has 0 bridgehead atoms. The number of nitrogen functional groups attached to an aromatic ring is 1. The normalized spacial score (nSPS) is 10.8. The fraction of sp³-hybridized carbons (Fsp3) is 0.308. The van der Waals surface area contributed by atoms with Gasteiger partial charge >= 0.3 is 0 Å². The van der Waals surface area contributed by atoms with E-state index in [-0.39, 0.29) is 23.7 Å². The Bertz CT molecular complexity index is 732. The zero-order valence-electron chi connectivity index (χ0n) is 11.8. The number of hydrogen-bond acceptors (Lipinski definition) is 5. The standard InChI is InChI=1S/C13H16N4O4/c1-3-15-11(8-21-2)12(14)13(18)16(15)9-6-4-5-7-10(9)17(19)20/h4-7H,3,8,14H2,1-2H3. The number of nitrogens with two attached hydrogens (primary N) is 1. The number of nitro benzene ring substituents is 1. The third-order valence-electron chi connectivity index (χ3n) is 3.17. The maximum atomic E-state index is 12.4. The van der Waals surface area contributed by atoms with Crippen molar-refractivity contribution in [3.63, 3.8) is 0 Å². The molecule has 0 saturated carbocycles. The fourth-order valence-electron chi connectivity index (χ4n) is 2.27. The molecule has 112 valence electrons. The fourth-order valence-corrected chi connectivity index (χ4v) is 2.27. The lowest BCUT2D eigenvalue weighted by atomic mass is 10.3. The van der Waals surface area contributed by atoms with Gasteiger partial charge in [-0.2, -0.15) is 0 Å². The van der Waals surface area contributed by atoms with Crippen molar-refractivity contribution in [3.8, 4) is 5.69 Å². The lowest BCUT2D eigenvalue weighted by molar-refractivity contribution is -0.384. The lowest BCUT2D eigenvalue weighted by Crippen LogP contribution is -2.23. The number of hydrogen-bond donors (Lipinski definition) is 1. The van der Waals surface area contributed by atoms with Crippen LogP contribution >= 0.6 is 0 Å². The number of methoxy groups -OCH3 is 1. The second kappa shape index (κ2) is 5.80. The highest BCUT2D eigenvalue weighted by atomic mass is 16.6. The Labute approximate surface area is 120 Å². The van der Waals surface area contributed by atoms with Gasteiger partial charge in [0.1, 0.15) is 11.4 Å². The number of nitro groups is 1. The van der Waals surface area contributed by atoms with Crippen molar-refractivity contribution in [3.05, 3.63) is 50.4 Å². The van der Waals surface area contributed by atoms with Crippen LogP contribution in [0.5, 0.6) is 0 Å². The average molecular weight is 292 g/mol. The molecule has 0 unspecified atom stereocenters. The van der Waals surface area contributed by atoms with Crippen molar-refractivity contribution in [1.82, 2.24) is 9.36 Å². The molecule has 8 nitrogen and oxygen atoms in total. The van der Waals surface area contributed by atoms with Crippen molar-refractivity contribution in [2.45, 2.75) is 20.1 Å². The van der Waals surface area contributed by atoms with Gasteiger partial charge in [0.2, 0.25) is 0 Å². The molecule has 2 aromatic rings. The topological polar surface area (TPSA) is 105 Å². The van der Waals surface area contributed by atoms with Gasteiger partial charge in [0.05, 0.1) is 17.2 Å². The Kier molecular flexibility index (Phi) is 4.08. The van der Waals surface area contributed by atoms with Gasteiger partial charge in [-0.3, -0.25) is 19.6 Å². The number of aromatic nitrogens is 2. The van der Waals surface area contributed by atoms with E-state index in [1.165, 1.54) is 23.9 Å². The van der Waals surface area contributed by atoms with Crippen LogP contribution in [0.2, 0.25) is 0 Å². The van der Waals surface area contributed by atoms with Crippen LogP contribution in [0.3, 0.4) is 0 Å². The van der Waals surface area contributed by atoms with Gasteiger partial charge in [-0.15, -0.1) is 0 Å². The van der Waals surface area contributed by atoms with Crippen molar-refractivity contribution in [2.24, 2.45) is 0 Å². The molecule has 1 heterocycles. The molecule has 0 aliphatic rings. The average Bonchev–Trinajstić information content (AvgIpc) is 2.72. The Morgan fingerprint density at radius 2 is 2.05 bits per heavy atom. The smallest absolute Gasteiger partial charge is 0.295 e. The minimum Gasteiger partial charge on any atom is -0.393 e. The molecular weight excluding hydrogens is 276 g/mol. The highest BCUT2D eigenvalue weighted by Gasteiger charge is 2.23.